The van der Waals surface area contributed by atoms with Crippen LogP contribution in [0.2, 0.25) is 0 Å². The number of anilines is 1. The first-order chi connectivity index (χ1) is 10.1. The van der Waals surface area contributed by atoms with Gasteiger partial charge in [-0.1, -0.05) is 19.1 Å². The minimum atomic E-state index is -0.971. The van der Waals surface area contributed by atoms with Gasteiger partial charge in [-0.05, 0) is 25.5 Å². The molecule has 1 amide bonds. The number of carbonyl (C=O) groups is 1. The van der Waals surface area contributed by atoms with Gasteiger partial charge in [-0.15, -0.1) is 0 Å². The van der Waals surface area contributed by atoms with Crippen LogP contribution in [0.15, 0.2) is 24.3 Å². The van der Waals surface area contributed by atoms with Crippen LogP contribution in [0.25, 0.3) is 0 Å². The van der Waals surface area contributed by atoms with Crippen molar-refractivity contribution < 1.29 is 14.6 Å². The number of benzene rings is 1. The molecule has 5 heteroatoms. The molecule has 0 aromatic heterocycles. The summed E-state index contributed by atoms with van der Waals surface area (Å²) in [5.74, 6) is -0.179. The maximum absolute atomic E-state index is 12.3. The molecule has 5 nitrogen and oxygen atoms in total. The fourth-order valence-electron chi connectivity index (χ4n) is 2.43. The highest BCUT2D eigenvalue weighted by atomic mass is 16.5. The Morgan fingerprint density at radius 3 is 2.90 bits per heavy atom. The number of hydrogen-bond acceptors (Lipinski definition) is 4. The van der Waals surface area contributed by atoms with Gasteiger partial charge in [0.05, 0.1) is 11.7 Å². The van der Waals surface area contributed by atoms with Gasteiger partial charge in [0.15, 0.2) is 0 Å². The van der Waals surface area contributed by atoms with Crippen molar-refractivity contribution in [3.05, 3.63) is 29.8 Å². The Morgan fingerprint density at radius 1 is 1.48 bits per heavy atom. The van der Waals surface area contributed by atoms with Crippen LogP contribution in [0.4, 0.5) is 5.69 Å². The maximum atomic E-state index is 12.3. The molecular weight excluding hydrogens is 268 g/mol. The predicted molar refractivity (Wildman–Crippen MR) is 82.5 cm³/mol. The van der Waals surface area contributed by atoms with Crippen LogP contribution in [-0.2, 0) is 4.74 Å². The summed E-state index contributed by atoms with van der Waals surface area (Å²) in [6.07, 6.45) is 1.28. The Balaban J connectivity index is 2.00. The molecule has 0 saturated carbocycles. The first kappa shape index (κ1) is 15.8. The lowest BCUT2D eigenvalue weighted by atomic mass is 9.96. The number of nitrogens with one attached hydrogen (secondary N) is 2. The van der Waals surface area contributed by atoms with Crippen LogP contribution < -0.4 is 10.6 Å². The van der Waals surface area contributed by atoms with Crippen LogP contribution in [0.1, 0.15) is 37.0 Å². The molecule has 1 heterocycles. The zero-order valence-electron chi connectivity index (χ0n) is 12.7. The molecule has 1 saturated heterocycles. The zero-order chi connectivity index (χ0) is 15.3. The van der Waals surface area contributed by atoms with Crippen molar-refractivity contribution in [1.82, 2.24) is 5.32 Å². The fourth-order valence-corrected chi connectivity index (χ4v) is 2.43. The highest BCUT2D eigenvalue weighted by Gasteiger charge is 2.39. The van der Waals surface area contributed by atoms with E-state index in [4.69, 9.17) is 4.74 Å². The predicted octanol–water partition coefficient (Wildman–Crippen LogP) is 1.78. The third-order valence-electron chi connectivity index (χ3n) is 3.95. The quantitative estimate of drug-likeness (QED) is 0.747. The first-order valence-corrected chi connectivity index (χ1v) is 7.52. The third-order valence-corrected chi connectivity index (χ3v) is 3.95. The summed E-state index contributed by atoms with van der Waals surface area (Å²) in [5.41, 5.74) is 0.447. The third kappa shape index (κ3) is 3.74. The van der Waals surface area contributed by atoms with Crippen molar-refractivity contribution in [3.63, 3.8) is 0 Å². The number of hydrogen-bond donors (Lipinski definition) is 3. The van der Waals surface area contributed by atoms with E-state index in [1.807, 2.05) is 25.1 Å². The molecule has 0 bridgehead atoms. The van der Waals surface area contributed by atoms with Gasteiger partial charge in [-0.2, -0.15) is 0 Å². The number of para-hydroxylation sites is 1. The van der Waals surface area contributed by atoms with Crippen molar-refractivity contribution in [2.75, 3.05) is 25.0 Å². The Kier molecular flexibility index (Phi) is 5.20. The lowest BCUT2D eigenvalue weighted by molar-refractivity contribution is -0.0251. The normalized spacial score (nSPS) is 24.8. The van der Waals surface area contributed by atoms with E-state index in [2.05, 4.69) is 17.6 Å². The summed E-state index contributed by atoms with van der Waals surface area (Å²) < 4.78 is 5.37. The topological polar surface area (TPSA) is 70.6 Å². The summed E-state index contributed by atoms with van der Waals surface area (Å²) in [5, 5.41) is 16.5. The van der Waals surface area contributed by atoms with E-state index in [1.165, 1.54) is 0 Å². The summed E-state index contributed by atoms with van der Waals surface area (Å²) in [4.78, 5) is 12.3. The monoisotopic (exact) mass is 292 g/mol. The zero-order valence-corrected chi connectivity index (χ0v) is 12.7. The molecule has 21 heavy (non-hydrogen) atoms. The highest BCUT2D eigenvalue weighted by Crippen LogP contribution is 2.25. The molecule has 0 spiro atoms. The standard InChI is InChI=1S/C16H24N2O3/c1-3-9-17-14-7-5-4-6-13(14)15(19)18-11-16(20)8-10-21-12(16)2/h4-7,12,17,20H,3,8-11H2,1-2H3,(H,18,19). The Bertz CT molecular complexity index is 492. The maximum Gasteiger partial charge on any atom is 0.253 e. The van der Waals surface area contributed by atoms with Gasteiger partial charge in [0, 0.05) is 31.8 Å². The molecule has 1 aliphatic rings. The molecule has 0 radical (unpaired) electrons. The second kappa shape index (κ2) is 6.91. The molecule has 2 atom stereocenters. The van der Waals surface area contributed by atoms with E-state index in [1.54, 1.807) is 6.07 Å². The first-order valence-electron chi connectivity index (χ1n) is 7.52. The summed E-state index contributed by atoms with van der Waals surface area (Å²) in [6, 6.07) is 7.41. The lowest BCUT2D eigenvalue weighted by Crippen LogP contribution is -2.47. The van der Waals surface area contributed by atoms with E-state index in [0.29, 0.717) is 18.6 Å². The minimum absolute atomic E-state index is 0.179. The van der Waals surface area contributed by atoms with Gasteiger partial charge < -0.3 is 20.5 Å². The van der Waals surface area contributed by atoms with E-state index in [9.17, 15) is 9.90 Å². The van der Waals surface area contributed by atoms with Crippen molar-refractivity contribution in [1.29, 1.82) is 0 Å². The fraction of sp³-hybridized carbons (Fsp3) is 0.562. The highest BCUT2D eigenvalue weighted by molar-refractivity contribution is 5.99. The van der Waals surface area contributed by atoms with Crippen molar-refractivity contribution in [2.45, 2.75) is 38.4 Å². The van der Waals surface area contributed by atoms with Crippen LogP contribution in [0.5, 0.6) is 0 Å². The van der Waals surface area contributed by atoms with Crippen LogP contribution >= 0.6 is 0 Å². The van der Waals surface area contributed by atoms with Gasteiger partial charge in [0.1, 0.15) is 5.60 Å². The smallest absolute Gasteiger partial charge is 0.253 e. The summed E-state index contributed by atoms with van der Waals surface area (Å²) in [7, 11) is 0. The van der Waals surface area contributed by atoms with E-state index < -0.39 is 5.60 Å². The van der Waals surface area contributed by atoms with Gasteiger partial charge >= 0.3 is 0 Å². The molecule has 0 aliphatic carbocycles. The van der Waals surface area contributed by atoms with Gasteiger partial charge in [-0.25, -0.2) is 0 Å². The molecular formula is C16H24N2O3. The second-order valence-corrected chi connectivity index (χ2v) is 5.52. The number of ether oxygens (including phenoxy) is 1. The molecule has 1 aromatic carbocycles. The van der Waals surface area contributed by atoms with E-state index in [0.717, 1.165) is 18.7 Å². The van der Waals surface area contributed by atoms with Crippen molar-refractivity contribution >= 4 is 11.6 Å². The van der Waals surface area contributed by atoms with Crippen LogP contribution in [0.3, 0.4) is 0 Å². The van der Waals surface area contributed by atoms with E-state index >= 15 is 0 Å². The average Bonchev–Trinajstić information content (AvgIpc) is 2.83. The lowest BCUT2D eigenvalue weighted by Gasteiger charge is -2.26. The number of aliphatic hydroxyl groups is 1. The number of rotatable bonds is 6. The Labute approximate surface area is 125 Å². The molecule has 1 aliphatic heterocycles. The van der Waals surface area contributed by atoms with Crippen LogP contribution in [0, 0.1) is 0 Å². The number of carbonyl (C=O) groups excluding carboxylic acids is 1. The molecule has 1 aromatic rings. The largest absolute Gasteiger partial charge is 0.385 e. The van der Waals surface area contributed by atoms with Gasteiger partial charge in [0.25, 0.3) is 5.91 Å². The Hall–Kier alpha value is -1.59. The molecule has 3 N–H and O–H groups in total. The summed E-state index contributed by atoms with van der Waals surface area (Å²) >= 11 is 0. The average molecular weight is 292 g/mol. The van der Waals surface area contributed by atoms with Crippen molar-refractivity contribution in [2.24, 2.45) is 0 Å². The Morgan fingerprint density at radius 2 is 2.24 bits per heavy atom. The van der Waals surface area contributed by atoms with E-state index in [-0.39, 0.29) is 18.6 Å². The van der Waals surface area contributed by atoms with Gasteiger partial charge in [-0.3, -0.25) is 4.79 Å². The molecule has 116 valence electrons. The molecule has 2 rings (SSSR count). The van der Waals surface area contributed by atoms with Crippen LogP contribution in [-0.4, -0.2) is 42.4 Å². The van der Waals surface area contributed by atoms with Gasteiger partial charge in [0.2, 0.25) is 0 Å². The molecule has 1 fully saturated rings. The molecule has 2 unspecified atom stereocenters. The minimum Gasteiger partial charge on any atom is -0.385 e. The second-order valence-electron chi connectivity index (χ2n) is 5.52. The number of amides is 1. The SMILES string of the molecule is CCCNc1ccccc1C(=O)NCC1(O)CCOC1C. The van der Waals surface area contributed by atoms with Crippen molar-refractivity contribution in [3.8, 4) is 0 Å². The summed E-state index contributed by atoms with van der Waals surface area (Å²) in [6.45, 7) is 5.46.